The highest BCUT2D eigenvalue weighted by Gasteiger charge is 2.52. The number of halogens is 2. The second-order valence-corrected chi connectivity index (χ2v) is 7.78. The monoisotopic (exact) mass is 405 g/mol. The molecule has 1 aromatic rings. The van der Waals surface area contributed by atoms with E-state index < -0.39 is 5.54 Å². The van der Waals surface area contributed by atoms with Gasteiger partial charge in [-0.1, -0.05) is 40.3 Å². The number of fused-ring (bicyclic) bond motifs is 1. The van der Waals surface area contributed by atoms with E-state index >= 15 is 0 Å². The Morgan fingerprint density at radius 1 is 1.50 bits per heavy atom. The Labute approximate surface area is 136 Å². The van der Waals surface area contributed by atoms with Gasteiger partial charge < -0.3 is 4.74 Å². The van der Waals surface area contributed by atoms with E-state index in [1.165, 1.54) is 0 Å². The summed E-state index contributed by atoms with van der Waals surface area (Å²) in [6.07, 6.45) is 0. The van der Waals surface area contributed by atoms with E-state index in [4.69, 9.17) is 9.73 Å². The molecule has 2 unspecified atom stereocenters. The molecule has 0 saturated carbocycles. The molecular weight excluding hydrogens is 388 g/mol. The van der Waals surface area contributed by atoms with Crippen LogP contribution in [0.1, 0.15) is 18.1 Å². The lowest BCUT2D eigenvalue weighted by atomic mass is 9.78. The maximum Gasteiger partial charge on any atom is 0.128 e. The molecule has 2 aliphatic heterocycles. The second kappa shape index (κ2) is 5.57. The normalized spacial score (nSPS) is 32.9. The van der Waals surface area contributed by atoms with Crippen molar-refractivity contribution in [3.63, 3.8) is 0 Å². The average molecular weight is 405 g/mol. The molecule has 20 heavy (non-hydrogen) atoms. The third-order valence-corrected chi connectivity index (χ3v) is 6.88. The topological polar surface area (TPSA) is 21.6 Å². The van der Waals surface area contributed by atoms with Crippen LogP contribution in [0.2, 0.25) is 0 Å². The summed E-state index contributed by atoms with van der Waals surface area (Å²) in [6.45, 7) is 5.18. The predicted octanol–water partition coefficient (Wildman–Crippen LogP) is 3.94. The van der Waals surface area contributed by atoms with Crippen molar-refractivity contribution in [1.82, 2.24) is 0 Å². The van der Waals surface area contributed by atoms with E-state index in [9.17, 15) is 4.39 Å². The Balaban J connectivity index is 2.17. The van der Waals surface area contributed by atoms with Crippen molar-refractivity contribution in [1.29, 1.82) is 0 Å². The molecule has 1 aromatic carbocycles. The van der Waals surface area contributed by atoms with Gasteiger partial charge in [-0.25, -0.2) is 4.39 Å². The van der Waals surface area contributed by atoms with Crippen LogP contribution in [0.25, 0.3) is 0 Å². The van der Waals surface area contributed by atoms with E-state index in [-0.39, 0.29) is 11.7 Å². The van der Waals surface area contributed by atoms with Crippen molar-refractivity contribution in [3.8, 4) is 0 Å². The quantitative estimate of drug-likeness (QED) is 0.549. The van der Waals surface area contributed by atoms with Crippen molar-refractivity contribution >= 4 is 39.4 Å². The van der Waals surface area contributed by atoms with Crippen molar-refractivity contribution in [2.45, 2.75) is 24.6 Å². The number of hydrogen-bond acceptors (Lipinski definition) is 3. The predicted molar refractivity (Wildman–Crippen MR) is 90.5 cm³/mol. The Kier molecular flexibility index (Phi) is 4.12. The van der Waals surface area contributed by atoms with Gasteiger partial charge in [-0.3, -0.25) is 4.99 Å². The number of rotatable bonds is 2. The first-order chi connectivity index (χ1) is 9.56. The highest BCUT2D eigenvalue weighted by Crippen LogP contribution is 2.49. The van der Waals surface area contributed by atoms with Crippen LogP contribution in [0.5, 0.6) is 0 Å². The van der Waals surface area contributed by atoms with E-state index in [1.807, 2.05) is 26.0 Å². The minimum atomic E-state index is -0.527. The third kappa shape index (κ3) is 2.31. The molecule has 0 amide bonds. The summed E-state index contributed by atoms with van der Waals surface area (Å²) in [5.41, 5.74) is 1.24. The fourth-order valence-corrected chi connectivity index (χ4v) is 5.51. The molecule has 5 heteroatoms. The van der Waals surface area contributed by atoms with Crippen molar-refractivity contribution in [2.24, 2.45) is 10.9 Å². The van der Waals surface area contributed by atoms with Crippen LogP contribution in [-0.2, 0) is 10.3 Å². The number of hydrogen-bond donors (Lipinski definition) is 0. The van der Waals surface area contributed by atoms with Gasteiger partial charge in [-0.15, -0.1) is 11.8 Å². The number of aliphatic imine (C=N–C) groups is 1. The maximum absolute atomic E-state index is 14.4. The first-order valence-corrected chi connectivity index (χ1v) is 9.11. The molecular formula is C15H17FINOS. The molecule has 108 valence electrons. The molecule has 0 radical (unpaired) electrons. The molecule has 3 atom stereocenters. The highest BCUT2D eigenvalue weighted by atomic mass is 127. The van der Waals surface area contributed by atoms with Crippen LogP contribution in [0, 0.1) is 18.7 Å². The van der Waals surface area contributed by atoms with Crippen molar-refractivity contribution in [3.05, 3.63) is 35.1 Å². The van der Waals surface area contributed by atoms with Gasteiger partial charge in [0.15, 0.2) is 0 Å². The molecule has 0 bridgehead atoms. The zero-order chi connectivity index (χ0) is 14.3. The Morgan fingerprint density at radius 2 is 2.30 bits per heavy atom. The number of alkyl halides is 1. The lowest BCUT2D eigenvalue weighted by molar-refractivity contribution is 0.176. The Hall–Kier alpha value is -0.140. The van der Waals surface area contributed by atoms with Crippen LogP contribution in [-0.4, -0.2) is 27.9 Å². The molecule has 3 rings (SSSR count). The van der Waals surface area contributed by atoms with Gasteiger partial charge in [0, 0.05) is 21.2 Å². The number of thioether (sulfide) groups is 1. The van der Waals surface area contributed by atoms with Gasteiger partial charge in [-0.05, 0) is 19.9 Å². The maximum atomic E-state index is 14.4. The molecule has 1 fully saturated rings. The molecule has 2 heterocycles. The van der Waals surface area contributed by atoms with Gasteiger partial charge in [0.1, 0.15) is 11.4 Å². The largest absolute Gasteiger partial charge is 0.378 e. The van der Waals surface area contributed by atoms with Gasteiger partial charge in [0.2, 0.25) is 0 Å². The number of ether oxygens (including phenoxy) is 1. The van der Waals surface area contributed by atoms with Crippen LogP contribution < -0.4 is 0 Å². The Morgan fingerprint density at radius 3 is 3.05 bits per heavy atom. The minimum absolute atomic E-state index is 0.165. The highest BCUT2D eigenvalue weighted by molar-refractivity contribution is 14.1. The zero-order valence-corrected chi connectivity index (χ0v) is 14.5. The summed E-state index contributed by atoms with van der Waals surface area (Å²) >= 11 is 4.22. The second-order valence-electron chi connectivity index (χ2n) is 5.47. The summed E-state index contributed by atoms with van der Waals surface area (Å²) in [5, 5.41) is 1.48. The summed E-state index contributed by atoms with van der Waals surface area (Å²) in [5.74, 6) is 0.0890. The lowest BCUT2D eigenvalue weighted by Crippen LogP contribution is -2.43. The summed E-state index contributed by atoms with van der Waals surface area (Å²) < 4.78 is 21.2. The molecule has 2 aliphatic rings. The van der Waals surface area contributed by atoms with Crippen LogP contribution in [0.4, 0.5) is 4.39 Å². The molecule has 1 saturated heterocycles. The first-order valence-electron chi connectivity index (χ1n) is 6.70. The number of aryl methyl sites for hydroxylation is 1. The number of nitrogens with zero attached hydrogens (tertiary/aromatic N) is 1. The average Bonchev–Trinajstić information content (AvgIpc) is 2.85. The van der Waals surface area contributed by atoms with Crippen LogP contribution in [0.15, 0.2) is 23.2 Å². The van der Waals surface area contributed by atoms with Gasteiger partial charge in [-0.2, -0.15) is 0 Å². The van der Waals surface area contributed by atoms with E-state index in [2.05, 4.69) is 22.6 Å². The summed E-state index contributed by atoms with van der Waals surface area (Å²) in [6, 6.07) is 5.30. The van der Waals surface area contributed by atoms with Gasteiger partial charge in [0.25, 0.3) is 0 Å². The Bertz CT molecular complexity index is 565. The van der Waals surface area contributed by atoms with Gasteiger partial charge in [0.05, 0.1) is 18.3 Å². The first kappa shape index (κ1) is 14.8. The van der Waals surface area contributed by atoms with Crippen molar-refractivity contribution in [2.75, 3.05) is 17.6 Å². The lowest BCUT2D eigenvalue weighted by Gasteiger charge is -2.39. The van der Waals surface area contributed by atoms with E-state index in [0.717, 1.165) is 15.0 Å². The molecule has 0 aliphatic carbocycles. The SMILES string of the molecule is CC1=NC2(c3cc(C)ccc3F)COC[C@@H]2C(CI)S1. The fraction of sp³-hybridized carbons (Fsp3) is 0.533. The van der Waals surface area contributed by atoms with E-state index in [0.29, 0.717) is 24.0 Å². The van der Waals surface area contributed by atoms with Gasteiger partial charge >= 0.3 is 0 Å². The standard InChI is InChI=1S/C15H17FINOS/c1-9-3-4-13(16)11(5-9)15-8-19-7-12(15)14(6-17)20-10(2)18-15/h3-5,12,14H,6-8H2,1-2H3/t12-,14?,15?/m1/s1. The smallest absolute Gasteiger partial charge is 0.128 e. The van der Waals surface area contributed by atoms with Crippen molar-refractivity contribution < 1.29 is 9.13 Å². The number of benzene rings is 1. The molecule has 0 N–H and O–H groups in total. The summed E-state index contributed by atoms with van der Waals surface area (Å²) in [7, 11) is 0. The fourth-order valence-electron chi connectivity index (χ4n) is 3.17. The molecule has 2 nitrogen and oxygen atoms in total. The van der Waals surface area contributed by atoms with Crippen LogP contribution >= 0.6 is 34.4 Å². The van der Waals surface area contributed by atoms with Crippen LogP contribution in [0.3, 0.4) is 0 Å². The minimum Gasteiger partial charge on any atom is -0.378 e. The van der Waals surface area contributed by atoms with E-state index in [1.54, 1.807) is 17.8 Å². The molecule has 0 spiro atoms. The third-order valence-electron chi connectivity index (χ3n) is 4.10. The summed E-state index contributed by atoms with van der Waals surface area (Å²) in [4.78, 5) is 4.86. The molecule has 0 aromatic heterocycles. The zero-order valence-electron chi connectivity index (χ0n) is 11.5.